The Morgan fingerprint density at radius 2 is 2.50 bits per heavy atom. The minimum absolute atomic E-state index is 0.00379. The second kappa shape index (κ2) is 4.90. The Kier molecular flexibility index (Phi) is 3.76. The van der Waals surface area contributed by atoms with Crippen molar-refractivity contribution in [2.75, 3.05) is 13.2 Å². The maximum atomic E-state index is 11.1. The van der Waals surface area contributed by atoms with Gasteiger partial charge in [0.15, 0.2) is 0 Å². The van der Waals surface area contributed by atoms with E-state index >= 15 is 0 Å². The van der Waals surface area contributed by atoms with Gasteiger partial charge in [-0.3, -0.25) is 4.79 Å². The van der Waals surface area contributed by atoms with Crippen molar-refractivity contribution in [1.29, 1.82) is 0 Å². The predicted molar refractivity (Wildman–Crippen MR) is 48.1 cm³/mol. The lowest BCUT2D eigenvalue weighted by Crippen LogP contribution is -2.27. The minimum Gasteiger partial charge on any atom is -0.395 e. The van der Waals surface area contributed by atoms with Crippen molar-refractivity contribution < 1.29 is 9.90 Å². The van der Waals surface area contributed by atoms with Crippen molar-refractivity contribution in [3.8, 4) is 0 Å². The predicted octanol–water partition coefficient (Wildman–Crippen LogP) is 0.399. The second-order valence-corrected chi connectivity index (χ2v) is 3.36. The van der Waals surface area contributed by atoms with Gasteiger partial charge in [0.1, 0.15) is 0 Å². The standard InChI is InChI=1S/C8H11NO2S/c10-4-3-9-8(11)6-7-2-1-5-12-7/h1-2,5,10H,3-4,6H2,(H,9,11). The Balaban J connectivity index is 2.27. The number of amides is 1. The van der Waals surface area contributed by atoms with Crippen molar-refractivity contribution in [3.05, 3.63) is 22.4 Å². The normalized spacial score (nSPS) is 9.75. The van der Waals surface area contributed by atoms with Crippen LogP contribution < -0.4 is 5.32 Å². The molecular weight excluding hydrogens is 174 g/mol. The highest BCUT2D eigenvalue weighted by atomic mass is 32.1. The number of hydrogen-bond donors (Lipinski definition) is 2. The van der Waals surface area contributed by atoms with E-state index in [0.717, 1.165) is 4.88 Å². The molecular formula is C8H11NO2S. The molecule has 1 aromatic heterocycles. The average molecular weight is 185 g/mol. The highest BCUT2D eigenvalue weighted by Gasteiger charge is 2.01. The van der Waals surface area contributed by atoms with E-state index in [0.29, 0.717) is 13.0 Å². The first-order valence-corrected chi connectivity index (χ1v) is 4.61. The number of hydrogen-bond acceptors (Lipinski definition) is 3. The molecule has 0 aliphatic carbocycles. The molecule has 1 amide bonds. The molecule has 1 aromatic rings. The van der Waals surface area contributed by atoms with Gasteiger partial charge in [-0.1, -0.05) is 6.07 Å². The topological polar surface area (TPSA) is 49.3 Å². The van der Waals surface area contributed by atoms with E-state index in [4.69, 9.17) is 5.11 Å². The van der Waals surface area contributed by atoms with E-state index in [-0.39, 0.29) is 12.5 Å². The quantitative estimate of drug-likeness (QED) is 0.713. The molecule has 0 radical (unpaired) electrons. The zero-order valence-electron chi connectivity index (χ0n) is 6.62. The van der Waals surface area contributed by atoms with Crippen LogP contribution in [-0.4, -0.2) is 24.2 Å². The molecule has 3 nitrogen and oxygen atoms in total. The third-order valence-corrected chi connectivity index (χ3v) is 2.23. The number of aliphatic hydroxyl groups excluding tert-OH is 1. The molecule has 12 heavy (non-hydrogen) atoms. The molecule has 0 saturated heterocycles. The van der Waals surface area contributed by atoms with Crippen LogP contribution in [0.1, 0.15) is 4.88 Å². The maximum Gasteiger partial charge on any atom is 0.225 e. The van der Waals surface area contributed by atoms with E-state index in [9.17, 15) is 4.79 Å². The molecule has 66 valence electrons. The lowest BCUT2D eigenvalue weighted by Gasteiger charge is -2.00. The monoisotopic (exact) mass is 185 g/mol. The van der Waals surface area contributed by atoms with Crippen LogP contribution in [0.3, 0.4) is 0 Å². The number of carbonyl (C=O) groups excluding carboxylic acids is 1. The van der Waals surface area contributed by atoms with Crippen LogP contribution >= 0.6 is 11.3 Å². The zero-order valence-corrected chi connectivity index (χ0v) is 7.43. The van der Waals surface area contributed by atoms with Gasteiger partial charge in [0.05, 0.1) is 13.0 Å². The number of aliphatic hydroxyl groups is 1. The van der Waals surface area contributed by atoms with Crippen LogP contribution in [0.15, 0.2) is 17.5 Å². The largest absolute Gasteiger partial charge is 0.395 e. The van der Waals surface area contributed by atoms with E-state index in [2.05, 4.69) is 5.32 Å². The summed E-state index contributed by atoms with van der Waals surface area (Å²) >= 11 is 1.56. The fourth-order valence-corrected chi connectivity index (χ4v) is 1.53. The highest BCUT2D eigenvalue weighted by Crippen LogP contribution is 2.08. The van der Waals surface area contributed by atoms with E-state index in [1.54, 1.807) is 11.3 Å². The van der Waals surface area contributed by atoms with Gasteiger partial charge in [0.25, 0.3) is 0 Å². The smallest absolute Gasteiger partial charge is 0.225 e. The molecule has 0 aliphatic heterocycles. The minimum atomic E-state index is -0.0356. The van der Waals surface area contributed by atoms with E-state index in [1.165, 1.54) is 0 Å². The summed E-state index contributed by atoms with van der Waals surface area (Å²) in [5.74, 6) is -0.0356. The Labute approximate surface area is 75.0 Å². The Morgan fingerprint density at radius 1 is 1.67 bits per heavy atom. The van der Waals surface area contributed by atoms with Crippen molar-refractivity contribution >= 4 is 17.2 Å². The van der Waals surface area contributed by atoms with Crippen molar-refractivity contribution in [1.82, 2.24) is 5.32 Å². The molecule has 0 unspecified atom stereocenters. The molecule has 1 heterocycles. The molecule has 0 atom stereocenters. The SMILES string of the molecule is O=C(Cc1cccs1)NCCO. The van der Waals surface area contributed by atoms with Gasteiger partial charge >= 0.3 is 0 Å². The van der Waals surface area contributed by atoms with Crippen LogP contribution in [0.2, 0.25) is 0 Å². The molecule has 1 rings (SSSR count). The zero-order chi connectivity index (χ0) is 8.81. The lowest BCUT2D eigenvalue weighted by molar-refractivity contribution is -0.120. The van der Waals surface area contributed by atoms with Gasteiger partial charge in [0.2, 0.25) is 5.91 Å². The summed E-state index contributed by atoms with van der Waals surface area (Å²) in [6.45, 7) is 0.334. The fraction of sp³-hybridized carbons (Fsp3) is 0.375. The summed E-state index contributed by atoms with van der Waals surface area (Å²) in [5, 5.41) is 13.0. The van der Waals surface area contributed by atoms with E-state index < -0.39 is 0 Å². The molecule has 2 N–H and O–H groups in total. The van der Waals surface area contributed by atoms with Crippen molar-refractivity contribution in [2.45, 2.75) is 6.42 Å². The fourth-order valence-electron chi connectivity index (χ4n) is 0.829. The molecule has 4 heteroatoms. The molecule has 0 aromatic carbocycles. The Hall–Kier alpha value is -0.870. The third-order valence-electron chi connectivity index (χ3n) is 1.35. The second-order valence-electron chi connectivity index (χ2n) is 2.33. The summed E-state index contributed by atoms with van der Waals surface area (Å²) in [4.78, 5) is 12.1. The lowest BCUT2D eigenvalue weighted by atomic mass is 10.3. The first kappa shape index (κ1) is 9.22. The van der Waals surface area contributed by atoms with Gasteiger partial charge < -0.3 is 10.4 Å². The Morgan fingerprint density at radius 3 is 3.08 bits per heavy atom. The summed E-state index contributed by atoms with van der Waals surface area (Å²) in [6.07, 6.45) is 0.414. The van der Waals surface area contributed by atoms with Gasteiger partial charge in [-0.05, 0) is 11.4 Å². The number of rotatable bonds is 4. The number of nitrogens with one attached hydrogen (secondary N) is 1. The third kappa shape index (κ3) is 3.02. The highest BCUT2D eigenvalue weighted by molar-refractivity contribution is 7.10. The van der Waals surface area contributed by atoms with E-state index in [1.807, 2.05) is 17.5 Å². The van der Waals surface area contributed by atoms with Crippen LogP contribution in [0.25, 0.3) is 0 Å². The van der Waals surface area contributed by atoms with Crippen LogP contribution in [0, 0.1) is 0 Å². The number of thiophene rings is 1. The summed E-state index contributed by atoms with van der Waals surface area (Å²) in [7, 11) is 0. The van der Waals surface area contributed by atoms with Crippen LogP contribution in [0.4, 0.5) is 0 Å². The first-order chi connectivity index (χ1) is 5.83. The van der Waals surface area contributed by atoms with Gasteiger partial charge in [-0.15, -0.1) is 11.3 Å². The molecule has 0 saturated carbocycles. The number of carbonyl (C=O) groups is 1. The summed E-state index contributed by atoms with van der Waals surface area (Å²) < 4.78 is 0. The average Bonchev–Trinajstić information content (AvgIpc) is 2.53. The summed E-state index contributed by atoms with van der Waals surface area (Å²) in [5.41, 5.74) is 0. The van der Waals surface area contributed by atoms with Crippen molar-refractivity contribution in [3.63, 3.8) is 0 Å². The molecule has 0 bridgehead atoms. The van der Waals surface area contributed by atoms with Crippen molar-refractivity contribution in [2.24, 2.45) is 0 Å². The van der Waals surface area contributed by atoms with Gasteiger partial charge in [0, 0.05) is 11.4 Å². The van der Waals surface area contributed by atoms with Gasteiger partial charge in [-0.25, -0.2) is 0 Å². The molecule has 0 fully saturated rings. The molecule has 0 spiro atoms. The van der Waals surface area contributed by atoms with Gasteiger partial charge in [-0.2, -0.15) is 0 Å². The maximum absolute atomic E-state index is 11.1. The molecule has 0 aliphatic rings. The summed E-state index contributed by atoms with van der Waals surface area (Å²) in [6, 6.07) is 3.84. The first-order valence-electron chi connectivity index (χ1n) is 3.73. The Bertz CT molecular complexity index is 233. The van der Waals surface area contributed by atoms with Crippen LogP contribution in [-0.2, 0) is 11.2 Å². The van der Waals surface area contributed by atoms with Crippen LogP contribution in [0.5, 0.6) is 0 Å².